The number of rotatable bonds is 5. The van der Waals surface area contributed by atoms with Crippen LogP contribution in [0.1, 0.15) is 31.7 Å². The van der Waals surface area contributed by atoms with Gasteiger partial charge >= 0.3 is 0 Å². The minimum Gasteiger partial charge on any atom is -0.486 e. The highest BCUT2D eigenvalue weighted by Gasteiger charge is 2.21. The average Bonchev–Trinajstić information content (AvgIpc) is 2.41. The average molecular weight is 276 g/mol. The van der Waals surface area contributed by atoms with Crippen LogP contribution in [0.4, 0.5) is 5.69 Å². The van der Waals surface area contributed by atoms with Gasteiger partial charge in [0.25, 0.3) is 0 Å². The number of fused-ring (bicyclic) bond motifs is 1. The first-order valence-corrected chi connectivity index (χ1v) is 7.66. The zero-order chi connectivity index (χ0) is 13.9. The molecule has 20 heavy (non-hydrogen) atoms. The summed E-state index contributed by atoms with van der Waals surface area (Å²) in [7, 11) is 0. The van der Waals surface area contributed by atoms with Gasteiger partial charge in [0.2, 0.25) is 0 Å². The first-order chi connectivity index (χ1) is 9.76. The first kappa shape index (κ1) is 13.6. The molecule has 1 heterocycles. The van der Waals surface area contributed by atoms with Crippen molar-refractivity contribution in [2.24, 2.45) is 5.92 Å². The summed E-state index contributed by atoms with van der Waals surface area (Å²) in [5, 5.41) is 0. The molecule has 1 aliphatic heterocycles. The molecule has 0 spiro atoms. The highest BCUT2D eigenvalue weighted by molar-refractivity contribution is 5.58. The molecule has 2 aliphatic rings. The van der Waals surface area contributed by atoms with Crippen LogP contribution in [-0.2, 0) is 6.54 Å². The van der Waals surface area contributed by atoms with E-state index in [0.29, 0.717) is 13.2 Å². The molecular formula is C16H24N2O2. The Morgan fingerprint density at radius 2 is 1.90 bits per heavy atom. The van der Waals surface area contributed by atoms with E-state index in [0.717, 1.165) is 41.8 Å². The fraction of sp³-hybridized carbons (Fsp3) is 0.625. The van der Waals surface area contributed by atoms with Gasteiger partial charge in [-0.05, 0) is 36.9 Å². The molecule has 0 bridgehead atoms. The van der Waals surface area contributed by atoms with E-state index in [1.807, 2.05) is 12.1 Å². The van der Waals surface area contributed by atoms with Crippen LogP contribution < -0.4 is 15.2 Å². The summed E-state index contributed by atoms with van der Waals surface area (Å²) in [6.07, 6.45) is 4.16. The Kier molecular flexibility index (Phi) is 4.01. The molecule has 1 fully saturated rings. The van der Waals surface area contributed by atoms with Gasteiger partial charge in [-0.1, -0.05) is 13.3 Å². The molecule has 4 nitrogen and oxygen atoms in total. The minimum absolute atomic E-state index is 0.606. The van der Waals surface area contributed by atoms with Crippen molar-refractivity contribution in [1.82, 2.24) is 4.90 Å². The number of nitrogens with two attached hydrogens (primary N) is 1. The van der Waals surface area contributed by atoms with Crippen molar-refractivity contribution in [1.29, 1.82) is 0 Å². The summed E-state index contributed by atoms with van der Waals surface area (Å²) in [6.45, 7) is 6.58. The molecule has 3 rings (SSSR count). The van der Waals surface area contributed by atoms with Crippen molar-refractivity contribution >= 4 is 5.69 Å². The number of hydrogen-bond acceptors (Lipinski definition) is 4. The fourth-order valence-electron chi connectivity index (χ4n) is 2.87. The van der Waals surface area contributed by atoms with E-state index in [4.69, 9.17) is 15.2 Å². The summed E-state index contributed by atoms with van der Waals surface area (Å²) in [6, 6.07) is 3.95. The lowest BCUT2D eigenvalue weighted by atomic mass is 9.85. The number of nitrogen functional groups attached to an aromatic ring is 1. The lowest BCUT2D eigenvalue weighted by Crippen LogP contribution is -2.32. The maximum atomic E-state index is 6.16. The number of anilines is 1. The van der Waals surface area contributed by atoms with E-state index in [-0.39, 0.29) is 0 Å². The third-order valence-corrected chi connectivity index (χ3v) is 4.39. The highest BCUT2D eigenvalue weighted by atomic mass is 16.6. The Balaban J connectivity index is 1.71. The van der Waals surface area contributed by atoms with E-state index >= 15 is 0 Å². The highest BCUT2D eigenvalue weighted by Crippen LogP contribution is 2.35. The van der Waals surface area contributed by atoms with Crippen molar-refractivity contribution in [2.45, 2.75) is 32.7 Å². The van der Waals surface area contributed by atoms with Crippen LogP contribution in [0.5, 0.6) is 11.5 Å². The van der Waals surface area contributed by atoms with Gasteiger partial charge < -0.3 is 15.2 Å². The largest absolute Gasteiger partial charge is 0.486 e. The van der Waals surface area contributed by atoms with Crippen LogP contribution >= 0.6 is 0 Å². The van der Waals surface area contributed by atoms with Crippen molar-refractivity contribution < 1.29 is 9.47 Å². The van der Waals surface area contributed by atoms with Gasteiger partial charge in [0.15, 0.2) is 11.5 Å². The monoisotopic (exact) mass is 276 g/mol. The zero-order valence-corrected chi connectivity index (χ0v) is 12.2. The Labute approximate surface area is 120 Å². The van der Waals surface area contributed by atoms with Crippen LogP contribution in [0.15, 0.2) is 12.1 Å². The van der Waals surface area contributed by atoms with Crippen molar-refractivity contribution in [2.75, 3.05) is 32.0 Å². The second-order valence-electron chi connectivity index (χ2n) is 5.82. The molecule has 0 atom stereocenters. The predicted octanol–water partition coefficient (Wildman–Crippen LogP) is 2.66. The lowest BCUT2D eigenvalue weighted by Gasteiger charge is -2.32. The van der Waals surface area contributed by atoms with Crippen molar-refractivity contribution in [3.63, 3.8) is 0 Å². The van der Waals surface area contributed by atoms with E-state index in [1.54, 1.807) is 0 Å². The van der Waals surface area contributed by atoms with E-state index < -0.39 is 0 Å². The van der Waals surface area contributed by atoms with Crippen LogP contribution in [0.3, 0.4) is 0 Å². The van der Waals surface area contributed by atoms with Crippen LogP contribution in [0.25, 0.3) is 0 Å². The molecule has 0 saturated heterocycles. The third-order valence-electron chi connectivity index (χ3n) is 4.39. The normalized spacial score (nSPS) is 18.1. The van der Waals surface area contributed by atoms with Gasteiger partial charge in [0.05, 0.1) is 0 Å². The minimum atomic E-state index is 0.606. The molecule has 110 valence electrons. The standard InChI is InChI=1S/C16H24N2O2/c1-2-18(10-12-4-3-5-12)11-13-8-15-16(9-14(13)17)20-7-6-19-15/h8-9,12H,2-7,10-11,17H2,1H3. The number of hydrogen-bond donors (Lipinski definition) is 1. The number of nitrogens with zero attached hydrogens (tertiary/aromatic N) is 1. The second-order valence-corrected chi connectivity index (χ2v) is 5.82. The van der Waals surface area contributed by atoms with Crippen LogP contribution in [0.2, 0.25) is 0 Å². The molecule has 1 saturated carbocycles. The SMILES string of the molecule is CCN(Cc1cc2c(cc1N)OCCO2)CC1CCC1. The van der Waals surface area contributed by atoms with Gasteiger partial charge in [-0.2, -0.15) is 0 Å². The first-order valence-electron chi connectivity index (χ1n) is 7.66. The second kappa shape index (κ2) is 5.92. The van der Waals surface area contributed by atoms with Gasteiger partial charge in [-0.15, -0.1) is 0 Å². The molecule has 4 heteroatoms. The van der Waals surface area contributed by atoms with E-state index in [1.165, 1.54) is 25.8 Å². The zero-order valence-electron chi connectivity index (χ0n) is 12.2. The Hall–Kier alpha value is -1.42. The molecule has 0 amide bonds. The fourth-order valence-corrected chi connectivity index (χ4v) is 2.87. The van der Waals surface area contributed by atoms with Gasteiger partial charge in [0.1, 0.15) is 13.2 Å². The van der Waals surface area contributed by atoms with Crippen LogP contribution in [-0.4, -0.2) is 31.2 Å². The summed E-state index contributed by atoms with van der Waals surface area (Å²) < 4.78 is 11.2. The number of benzene rings is 1. The predicted molar refractivity (Wildman–Crippen MR) is 80.1 cm³/mol. The van der Waals surface area contributed by atoms with Gasteiger partial charge in [0, 0.05) is 24.8 Å². The molecule has 1 aromatic rings. The van der Waals surface area contributed by atoms with Crippen LogP contribution in [0, 0.1) is 5.92 Å². The van der Waals surface area contributed by atoms with Gasteiger partial charge in [-0.25, -0.2) is 0 Å². The molecule has 0 unspecified atom stereocenters. The van der Waals surface area contributed by atoms with Crippen molar-refractivity contribution in [3.8, 4) is 11.5 Å². The Morgan fingerprint density at radius 1 is 1.20 bits per heavy atom. The topological polar surface area (TPSA) is 47.7 Å². The Morgan fingerprint density at radius 3 is 2.50 bits per heavy atom. The van der Waals surface area contributed by atoms with E-state index in [2.05, 4.69) is 11.8 Å². The third kappa shape index (κ3) is 2.85. The summed E-state index contributed by atoms with van der Waals surface area (Å²) in [5.74, 6) is 2.49. The maximum absolute atomic E-state index is 6.16. The molecule has 0 aromatic heterocycles. The smallest absolute Gasteiger partial charge is 0.163 e. The molecule has 2 N–H and O–H groups in total. The molecule has 1 aliphatic carbocycles. The quantitative estimate of drug-likeness (QED) is 0.840. The molecule has 0 radical (unpaired) electrons. The summed E-state index contributed by atoms with van der Waals surface area (Å²) in [5.41, 5.74) is 8.12. The molecule has 1 aromatic carbocycles. The summed E-state index contributed by atoms with van der Waals surface area (Å²) in [4.78, 5) is 2.48. The Bertz CT molecular complexity index is 472. The van der Waals surface area contributed by atoms with Gasteiger partial charge in [-0.3, -0.25) is 4.90 Å². The van der Waals surface area contributed by atoms with Crippen molar-refractivity contribution in [3.05, 3.63) is 17.7 Å². The van der Waals surface area contributed by atoms with E-state index in [9.17, 15) is 0 Å². The summed E-state index contributed by atoms with van der Waals surface area (Å²) >= 11 is 0. The maximum Gasteiger partial charge on any atom is 0.163 e. The lowest BCUT2D eigenvalue weighted by molar-refractivity contribution is 0.168. The molecular weight excluding hydrogens is 252 g/mol. The number of ether oxygens (including phenoxy) is 2.